The van der Waals surface area contributed by atoms with Crippen LogP contribution < -0.4 is 4.74 Å². The first-order valence-electron chi connectivity index (χ1n) is 13.2. The fourth-order valence-corrected chi connectivity index (χ4v) is 6.18. The molecule has 6 unspecified atom stereocenters. The molecule has 1 aromatic carbocycles. The lowest BCUT2D eigenvalue weighted by molar-refractivity contribution is -0.899. The highest BCUT2D eigenvalue weighted by molar-refractivity contribution is 5.98. The van der Waals surface area contributed by atoms with Crippen LogP contribution >= 0.6 is 0 Å². The molecule has 0 aromatic heterocycles. The largest absolute Gasteiger partial charge is 0.488 e. The van der Waals surface area contributed by atoms with E-state index in [1.54, 1.807) is 0 Å². The van der Waals surface area contributed by atoms with E-state index in [-0.39, 0.29) is 34.9 Å². The molecule has 1 fully saturated rings. The quantitative estimate of drug-likeness (QED) is 0.233. The Bertz CT molecular complexity index is 887. The number of hydrogen-bond donors (Lipinski definition) is 0. The van der Waals surface area contributed by atoms with Crippen LogP contribution in [0.15, 0.2) is 36.4 Å². The fraction of sp³-hybridized carbons (Fsp3) is 0.667. The molecule has 0 saturated carbocycles. The van der Waals surface area contributed by atoms with Gasteiger partial charge < -0.3 is 9.22 Å². The predicted molar refractivity (Wildman–Crippen MR) is 139 cm³/mol. The van der Waals surface area contributed by atoms with Crippen LogP contribution in [0, 0.1) is 35.0 Å². The summed E-state index contributed by atoms with van der Waals surface area (Å²) in [6, 6.07) is 7.55. The lowest BCUT2D eigenvalue weighted by Gasteiger charge is -2.39. The second-order valence-corrected chi connectivity index (χ2v) is 12.3. The Kier molecular flexibility index (Phi) is 8.44. The molecule has 4 nitrogen and oxygen atoms in total. The van der Waals surface area contributed by atoms with E-state index in [0.29, 0.717) is 24.4 Å². The highest BCUT2D eigenvalue weighted by Crippen LogP contribution is 2.42. The molecule has 1 aliphatic heterocycles. The zero-order valence-electron chi connectivity index (χ0n) is 22.5. The summed E-state index contributed by atoms with van der Waals surface area (Å²) >= 11 is 0. The molecule has 2 aliphatic rings. The van der Waals surface area contributed by atoms with Gasteiger partial charge in [-0.3, -0.25) is 9.59 Å². The summed E-state index contributed by atoms with van der Waals surface area (Å²) in [6.07, 6.45) is 7.05. The Morgan fingerprint density at radius 1 is 1.15 bits per heavy atom. The number of carbonyl (C=O) groups excluding carboxylic acids is 2. The second kappa shape index (κ2) is 10.8. The van der Waals surface area contributed by atoms with Crippen LogP contribution in [0.3, 0.4) is 0 Å². The topological polar surface area (TPSA) is 43.4 Å². The molecule has 34 heavy (non-hydrogen) atoms. The van der Waals surface area contributed by atoms with Crippen molar-refractivity contribution in [2.24, 2.45) is 35.0 Å². The molecule has 0 radical (unpaired) electrons. The van der Waals surface area contributed by atoms with Crippen molar-refractivity contribution in [2.75, 3.05) is 33.3 Å². The van der Waals surface area contributed by atoms with Crippen LogP contribution in [-0.4, -0.2) is 49.3 Å². The van der Waals surface area contributed by atoms with Crippen molar-refractivity contribution in [1.29, 1.82) is 0 Å². The van der Waals surface area contributed by atoms with Crippen LogP contribution in [0.4, 0.5) is 0 Å². The molecule has 1 heterocycles. The standard InChI is InChI=1S/C30H46NO3/c1-21-14-16-31(7,20-21)17-18-34-26-12-10-25(11-13-26)29(33)24(4)23(3)19-27(32)28-22(2)9-8-15-30(28,5)6/h8-13,21-24,28H,14-20H2,1-7H3/q+1. The van der Waals surface area contributed by atoms with Gasteiger partial charge in [-0.25, -0.2) is 0 Å². The van der Waals surface area contributed by atoms with Gasteiger partial charge in [0.2, 0.25) is 0 Å². The molecule has 6 atom stereocenters. The number of carbonyl (C=O) groups is 2. The van der Waals surface area contributed by atoms with E-state index in [4.69, 9.17) is 4.74 Å². The SMILES string of the molecule is CC1CC[N+](C)(CCOc2ccc(C(=O)C(C)C(C)CC(=O)C3C(C)C=CCC3(C)C)cc2)C1. The van der Waals surface area contributed by atoms with E-state index in [1.807, 2.05) is 38.1 Å². The zero-order valence-corrected chi connectivity index (χ0v) is 22.5. The first kappa shape index (κ1) is 26.7. The molecule has 1 saturated heterocycles. The highest BCUT2D eigenvalue weighted by atomic mass is 16.5. The summed E-state index contributed by atoms with van der Waals surface area (Å²) in [5, 5.41) is 0. The van der Waals surface area contributed by atoms with E-state index in [1.165, 1.54) is 19.5 Å². The number of benzene rings is 1. The summed E-state index contributed by atoms with van der Waals surface area (Å²) in [5.41, 5.74) is 0.668. The molecule has 1 aliphatic carbocycles. The monoisotopic (exact) mass is 468 g/mol. The number of Topliss-reactive ketones (excluding diaryl/α,β-unsaturated/α-hetero) is 2. The Balaban J connectivity index is 1.52. The molecule has 188 valence electrons. The number of ether oxygens (including phenoxy) is 1. The number of nitrogens with zero attached hydrogens (tertiary/aromatic N) is 1. The maximum Gasteiger partial charge on any atom is 0.165 e. The lowest BCUT2D eigenvalue weighted by Crippen LogP contribution is -2.44. The van der Waals surface area contributed by atoms with E-state index in [2.05, 4.69) is 46.9 Å². The van der Waals surface area contributed by atoms with E-state index in [0.717, 1.165) is 29.1 Å². The summed E-state index contributed by atoms with van der Waals surface area (Å²) in [7, 11) is 2.31. The number of likely N-dealkylation sites (tertiary alicyclic amines) is 1. The predicted octanol–water partition coefficient (Wildman–Crippen LogP) is 6.20. The Hall–Kier alpha value is -1.94. The zero-order chi connectivity index (χ0) is 25.1. The van der Waals surface area contributed by atoms with E-state index < -0.39 is 0 Å². The average Bonchev–Trinajstić information content (AvgIpc) is 3.10. The number of ketones is 2. The van der Waals surface area contributed by atoms with Gasteiger partial charge in [-0.15, -0.1) is 0 Å². The van der Waals surface area contributed by atoms with Crippen LogP contribution in [-0.2, 0) is 4.79 Å². The number of likely N-dealkylation sites (N-methyl/N-ethyl adjacent to an activating group) is 1. The molecule has 0 bridgehead atoms. The van der Waals surface area contributed by atoms with Crippen molar-refractivity contribution in [3.63, 3.8) is 0 Å². The molecule has 1 aromatic rings. The van der Waals surface area contributed by atoms with Crippen molar-refractivity contribution in [3.8, 4) is 5.75 Å². The van der Waals surface area contributed by atoms with Crippen molar-refractivity contribution >= 4 is 11.6 Å². The third-order valence-corrected chi connectivity index (χ3v) is 8.54. The normalized spacial score (nSPS) is 30.0. The van der Waals surface area contributed by atoms with Crippen molar-refractivity contribution in [3.05, 3.63) is 42.0 Å². The summed E-state index contributed by atoms with van der Waals surface area (Å²) in [5.74, 6) is 2.09. The van der Waals surface area contributed by atoms with Gasteiger partial charge in [0.25, 0.3) is 0 Å². The van der Waals surface area contributed by atoms with Gasteiger partial charge in [-0.2, -0.15) is 0 Å². The van der Waals surface area contributed by atoms with Crippen LogP contribution in [0.2, 0.25) is 0 Å². The minimum atomic E-state index is -0.199. The van der Waals surface area contributed by atoms with E-state index in [9.17, 15) is 9.59 Å². The minimum Gasteiger partial charge on any atom is -0.488 e. The van der Waals surface area contributed by atoms with Gasteiger partial charge >= 0.3 is 0 Å². The average molecular weight is 469 g/mol. The van der Waals surface area contributed by atoms with Crippen LogP contribution in [0.25, 0.3) is 0 Å². The molecule has 0 amide bonds. The Morgan fingerprint density at radius 2 is 1.82 bits per heavy atom. The molecule has 0 spiro atoms. The molecule has 4 heteroatoms. The molecular formula is C30H46NO3+. The maximum absolute atomic E-state index is 13.2. The first-order chi connectivity index (χ1) is 15.9. The maximum atomic E-state index is 13.2. The second-order valence-electron chi connectivity index (χ2n) is 12.3. The van der Waals surface area contributed by atoms with Gasteiger partial charge in [0.15, 0.2) is 5.78 Å². The van der Waals surface area contributed by atoms with Gasteiger partial charge in [-0.05, 0) is 47.9 Å². The number of quaternary nitrogens is 1. The van der Waals surface area contributed by atoms with Crippen LogP contribution in [0.5, 0.6) is 5.75 Å². The Labute approximate surface area is 207 Å². The lowest BCUT2D eigenvalue weighted by atomic mass is 9.64. The molecule has 0 N–H and O–H groups in total. The van der Waals surface area contributed by atoms with Gasteiger partial charge in [0.05, 0.1) is 20.1 Å². The highest BCUT2D eigenvalue weighted by Gasteiger charge is 2.40. The number of rotatable bonds is 10. The van der Waals surface area contributed by atoms with Gasteiger partial charge in [0.1, 0.15) is 24.7 Å². The summed E-state index contributed by atoms with van der Waals surface area (Å²) in [4.78, 5) is 26.4. The van der Waals surface area contributed by atoms with Gasteiger partial charge in [-0.1, -0.05) is 53.7 Å². The number of hydrogen-bond acceptors (Lipinski definition) is 3. The van der Waals surface area contributed by atoms with Crippen molar-refractivity contribution < 1.29 is 18.8 Å². The number of allylic oxidation sites excluding steroid dienone is 2. The van der Waals surface area contributed by atoms with Crippen molar-refractivity contribution in [2.45, 2.75) is 60.8 Å². The first-order valence-corrected chi connectivity index (χ1v) is 13.2. The van der Waals surface area contributed by atoms with Crippen LogP contribution in [0.1, 0.15) is 71.2 Å². The van der Waals surface area contributed by atoms with Gasteiger partial charge in [0, 0.05) is 36.2 Å². The van der Waals surface area contributed by atoms with Crippen molar-refractivity contribution in [1.82, 2.24) is 0 Å². The summed E-state index contributed by atoms with van der Waals surface area (Å²) < 4.78 is 7.07. The molecule has 3 rings (SSSR count). The Morgan fingerprint density at radius 3 is 2.41 bits per heavy atom. The smallest absolute Gasteiger partial charge is 0.165 e. The fourth-order valence-electron chi connectivity index (χ4n) is 6.18. The third-order valence-electron chi connectivity index (χ3n) is 8.54. The third kappa shape index (κ3) is 6.38. The summed E-state index contributed by atoms with van der Waals surface area (Å²) in [6.45, 7) is 17.0. The minimum absolute atomic E-state index is 0.0112. The van der Waals surface area contributed by atoms with E-state index >= 15 is 0 Å². The molecular weight excluding hydrogens is 422 g/mol.